The Kier molecular flexibility index (Phi) is 4.97. The van der Waals surface area contributed by atoms with Crippen LogP contribution in [0, 0.1) is 23.5 Å². The Bertz CT molecular complexity index is 626. The van der Waals surface area contributed by atoms with Gasteiger partial charge in [-0.05, 0) is 30.3 Å². The number of halogens is 2. The minimum absolute atomic E-state index is 0.322. The van der Waals surface area contributed by atoms with E-state index in [2.05, 4.69) is 11.8 Å². The van der Waals surface area contributed by atoms with Crippen LogP contribution in [-0.4, -0.2) is 6.54 Å². The topological polar surface area (TPSA) is 26.0 Å². The summed E-state index contributed by atoms with van der Waals surface area (Å²) < 4.78 is 26.4. The minimum atomic E-state index is -0.426. The third kappa shape index (κ3) is 4.06. The second-order valence-electron chi connectivity index (χ2n) is 3.64. The van der Waals surface area contributed by atoms with Crippen LogP contribution in [-0.2, 0) is 5.75 Å². The van der Waals surface area contributed by atoms with Crippen LogP contribution in [0.15, 0.2) is 35.2 Å². The van der Waals surface area contributed by atoms with Crippen LogP contribution >= 0.6 is 23.1 Å². The quantitative estimate of drug-likeness (QED) is 0.691. The highest BCUT2D eigenvalue weighted by molar-refractivity contribution is 7.98. The standard InChI is InChI=1S/C14H11F2NS2/c15-10-3-6-13(16)14(8-10)18-9-12-5-4-11(19-12)2-1-7-17/h3-6,8H,7,9,17H2. The molecule has 0 bridgehead atoms. The Labute approximate surface area is 118 Å². The van der Waals surface area contributed by atoms with E-state index in [4.69, 9.17) is 5.73 Å². The SMILES string of the molecule is NCC#Cc1ccc(CSc2cc(F)ccc2F)s1. The van der Waals surface area contributed by atoms with E-state index >= 15 is 0 Å². The average Bonchev–Trinajstić information content (AvgIpc) is 2.85. The van der Waals surface area contributed by atoms with Crippen molar-refractivity contribution < 1.29 is 8.78 Å². The zero-order valence-electron chi connectivity index (χ0n) is 9.95. The van der Waals surface area contributed by atoms with Crippen LogP contribution < -0.4 is 5.73 Å². The number of benzene rings is 1. The molecule has 0 aliphatic heterocycles. The van der Waals surface area contributed by atoms with E-state index in [0.29, 0.717) is 17.2 Å². The summed E-state index contributed by atoms with van der Waals surface area (Å²) >= 11 is 2.81. The molecule has 0 atom stereocenters. The van der Waals surface area contributed by atoms with Crippen molar-refractivity contribution in [1.82, 2.24) is 0 Å². The fourth-order valence-electron chi connectivity index (χ4n) is 1.40. The van der Waals surface area contributed by atoms with Gasteiger partial charge >= 0.3 is 0 Å². The molecule has 0 unspecified atom stereocenters. The average molecular weight is 295 g/mol. The van der Waals surface area contributed by atoms with Gasteiger partial charge in [-0.15, -0.1) is 23.1 Å². The van der Waals surface area contributed by atoms with E-state index < -0.39 is 11.6 Å². The van der Waals surface area contributed by atoms with Gasteiger partial charge in [0.25, 0.3) is 0 Å². The number of rotatable bonds is 3. The molecular formula is C14H11F2NS2. The zero-order chi connectivity index (χ0) is 13.7. The van der Waals surface area contributed by atoms with Crippen LogP contribution in [0.25, 0.3) is 0 Å². The van der Waals surface area contributed by atoms with Crippen molar-refractivity contribution in [2.45, 2.75) is 10.6 Å². The summed E-state index contributed by atoms with van der Waals surface area (Å²) in [5.74, 6) is 5.49. The summed E-state index contributed by atoms with van der Waals surface area (Å²) in [6.45, 7) is 0.330. The summed E-state index contributed by atoms with van der Waals surface area (Å²) in [5, 5.41) is 0. The maximum Gasteiger partial charge on any atom is 0.136 e. The molecule has 2 rings (SSSR count). The summed E-state index contributed by atoms with van der Waals surface area (Å²) in [4.78, 5) is 2.32. The van der Waals surface area contributed by atoms with Crippen LogP contribution in [0.3, 0.4) is 0 Å². The molecule has 98 valence electrons. The van der Waals surface area contributed by atoms with E-state index in [1.54, 1.807) is 0 Å². The van der Waals surface area contributed by atoms with Gasteiger partial charge < -0.3 is 5.73 Å². The van der Waals surface area contributed by atoms with E-state index in [9.17, 15) is 8.78 Å². The highest BCUT2D eigenvalue weighted by Crippen LogP contribution is 2.28. The van der Waals surface area contributed by atoms with Gasteiger partial charge in [0.2, 0.25) is 0 Å². The fraction of sp³-hybridized carbons (Fsp3) is 0.143. The third-order valence-corrected chi connectivity index (χ3v) is 4.50. The van der Waals surface area contributed by atoms with E-state index in [-0.39, 0.29) is 0 Å². The third-order valence-electron chi connectivity index (χ3n) is 2.24. The van der Waals surface area contributed by atoms with Crippen molar-refractivity contribution in [3.8, 4) is 11.8 Å². The fourth-order valence-corrected chi connectivity index (χ4v) is 3.28. The molecule has 2 aromatic rings. The number of nitrogens with two attached hydrogens (primary N) is 1. The molecule has 1 aromatic carbocycles. The molecule has 0 aliphatic carbocycles. The predicted molar refractivity (Wildman–Crippen MR) is 76.2 cm³/mol. The van der Waals surface area contributed by atoms with E-state index in [1.165, 1.54) is 29.2 Å². The van der Waals surface area contributed by atoms with Gasteiger partial charge in [-0.3, -0.25) is 0 Å². The van der Waals surface area contributed by atoms with Crippen molar-refractivity contribution in [1.29, 1.82) is 0 Å². The molecule has 1 nitrogen and oxygen atoms in total. The summed E-state index contributed by atoms with van der Waals surface area (Å²) in [7, 11) is 0. The Morgan fingerprint density at radius 3 is 2.84 bits per heavy atom. The minimum Gasteiger partial charge on any atom is -0.320 e. The lowest BCUT2D eigenvalue weighted by molar-refractivity contribution is 0.577. The number of thiophene rings is 1. The molecular weight excluding hydrogens is 284 g/mol. The number of hydrogen-bond acceptors (Lipinski definition) is 3. The number of hydrogen-bond donors (Lipinski definition) is 1. The van der Waals surface area contributed by atoms with Crippen molar-refractivity contribution in [3.63, 3.8) is 0 Å². The van der Waals surface area contributed by atoms with Crippen molar-refractivity contribution in [2.24, 2.45) is 5.73 Å². The summed E-state index contributed by atoms with van der Waals surface area (Å²) in [6, 6.07) is 7.32. The molecule has 0 fully saturated rings. The second-order valence-corrected chi connectivity index (χ2v) is 5.82. The van der Waals surface area contributed by atoms with Gasteiger partial charge in [-0.1, -0.05) is 11.8 Å². The Balaban J connectivity index is 2.02. The maximum absolute atomic E-state index is 13.4. The Hall–Kier alpha value is -1.35. The van der Waals surface area contributed by atoms with Gasteiger partial charge in [-0.25, -0.2) is 8.78 Å². The van der Waals surface area contributed by atoms with Gasteiger partial charge in [0.05, 0.1) is 11.4 Å². The van der Waals surface area contributed by atoms with E-state index in [0.717, 1.165) is 21.9 Å². The largest absolute Gasteiger partial charge is 0.320 e. The normalized spacial score (nSPS) is 10.1. The first kappa shape index (κ1) is 14.1. The Morgan fingerprint density at radius 2 is 2.05 bits per heavy atom. The first-order valence-corrected chi connectivity index (χ1v) is 7.35. The van der Waals surface area contributed by atoms with E-state index in [1.807, 2.05) is 12.1 Å². The van der Waals surface area contributed by atoms with Crippen LogP contribution in [0.2, 0.25) is 0 Å². The lowest BCUT2D eigenvalue weighted by Crippen LogP contribution is -1.92. The van der Waals surface area contributed by atoms with Crippen molar-refractivity contribution in [2.75, 3.05) is 6.54 Å². The molecule has 0 radical (unpaired) electrons. The molecule has 0 amide bonds. The van der Waals surface area contributed by atoms with Crippen molar-refractivity contribution >= 4 is 23.1 Å². The molecule has 19 heavy (non-hydrogen) atoms. The highest BCUT2D eigenvalue weighted by atomic mass is 32.2. The number of thioether (sulfide) groups is 1. The molecule has 1 heterocycles. The van der Waals surface area contributed by atoms with Crippen molar-refractivity contribution in [3.05, 3.63) is 51.7 Å². The summed E-state index contributed by atoms with van der Waals surface area (Å²) in [6.07, 6.45) is 0. The molecule has 1 aromatic heterocycles. The van der Waals surface area contributed by atoms with Crippen LogP contribution in [0.4, 0.5) is 8.78 Å². The highest BCUT2D eigenvalue weighted by Gasteiger charge is 2.06. The van der Waals surface area contributed by atoms with Crippen LogP contribution in [0.5, 0.6) is 0 Å². The smallest absolute Gasteiger partial charge is 0.136 e. The molecule has 0 spiro atoms. The van der Waals surface area contributed by atoms with Gasteiger partial charge in [-0.2, -0.15) is 0 Å². The molecule has 0 aliphatic rings. The molecule has 5 heteroatoms. The summed E-state index contributed by atoms with van der Waals surface area (Å²) in [5.41, 5.74) is 5.30. The lowest BCUT2D eigenvalue weighted by atomic mass is 10.3. The second kappa shape index (κ2) is 6.71. The lowest BCUT2D eigenvalue weighted by Gasteiger charge is -2.01. The van der Waals surface area contributed by atoms with Crippen LogP contribution in [0.1, 0.15) is 9.75 Å². The zero-order valence-corrected chi connectivity index (χ0v) is 11.6. The molecule has 0 saturated heterocycles. The first-order valence-electron chi connectivity index (χ1n) is 5.54. The maximum atomic E-state index is 13.4. The Morgan fingerprint density at radius 1 is 1.21 bits per heavy atom. The first-order chi connectivity index (χ1) is 9.19. The monoisotopic (exact) mass is 295 g/mol. The van der Waals surface area contributed by atoms with Gasteiger partial charge in [0.15, 0.2) is 0 Å². The predicted octanol–water partition coefficient (Wildman–Crippen LogP) is 3.63. The molecule has 0 saturated carbocycles. The van der Waals surface area contributed by atoms with Gasteiger partial charge in [0.1, 0.15) is 11.6 Å². The van der Waals surface area contributed by atoms with Gasteiger partial charge in [0, 0.05) is 15.5 Å². The molecule has 2 N–H and O–H groups in total.